The van der Waals surface area contributed by atoms with Gasteiger partial charge in [0, 0.05) is 12.1 Å². The molecule has 0 bridgehead atoms. The van der Waals surface area contributed by atoms with Gasteiger partial charge in [-0.2, -0.15) is 0 Å². The van der Waals surface area contributed by atoms with E-state index in [0.717, 1.165) is 6.07 Å². The highest BCUT2D eigenvalue weighted by atomic mass is 32.2. The van der Waals surface area contributed by atoms with Crippen LogP contribution in [-0.4, -0.2) is 32.6 Å². The van der Waals surface area contributed by atoms with Crippen molar-refractivity contribution in [1.82, 2.24) is 5.32 Å². The summed E-state index contributed by atoms with van der Waals surface area (Å²) in [5, 5.41) is 11.1. The number of hydrogen-bond donors (Lipinski definition) is 3. The average molecular weight is 338 g/mol. The van der Waals surface area contributed by atoms with Crippen LogP contribution in [0, 0.1) is 5.82 Å². The van der Waals surface area contributed by atoms with Crippen LogP contribution >= 0.6 is 0 Å². The first-order valence-corrected chi connectivity index (χ1v) is 8.19. The van der Waals surface area contributed by atoms with Gasteiger partial charge < -0.3 is 10.4 Å². The van der Waals surface area contributed by atoms with Gasteiger partial charge >= 0.3 is 0 Å². The fourth-order valence-electron chi connectivity index (χ4n) is 1.80. The minimum Gasteiger partial charge on any atom is -0.395 e. The SMILES string of the molecule is O=C(NCCO)c1ccc(S(=O)(=O)Nc2ccccc2F)cc1. The number of para-hydroxylation sites is 1. The molecule has 0 atom stereocenters. The monoisotopic (exact) mass is 338 g/mol. The molecular formula is C15H15FN2O4S. The number of amides is 1. The van der Waals surface area contributed by atoms with Gasteiger partial charge in [-0.3, -0.25) is 9.52 Å². The van der Waals surface area contributed by atoms with Crippen molar-refractivity contribution >= 4 is 21.6 Å². The van der Waals surface area contributed by atoms with Crippen molar-refractivity contribution in [2.45, 2.75) is 4.90 Å². The first-order valence-electron chi connectivity index (χ1n) is 6.70. The largest absolute Gasteiger partial charge is 0.395 e. The molecule has 0 saturated heterocycles. The third-order valence-corrected chi connectivity index (χ3v) is 4.32. The normalized spacial score (nSPS) is 11.0. The molecule has 0 radical (unpaired) electrons. The smallest absolute Gasteiger partial charge is 0.261 e. The van der Waals surface area contributed by atoms with E-state index in [4.69, 9.17) is 5.11 Å². The third kappa shape index (κ3) is 4.27. The van der Waals surface area contributed by atoms with Crippen molar-refractivity contribution < 1.29 is 22.7 Å². The Morgan fingerprint density at radius 3 is 2.35 bits per heavy atom. The molecule has 6 nitrogen and oxygen atoms in total. The highest BCUT2D eigenvalue weighted by Crippen LogP contribution is 2.19. The first kappa shape index (κ1) is 16.9. The predicted octanol–water partition coefficient (Wildman–Crippen LogP) is 1.35. The summed E-state index contributed by atoms with van der Waals surface area (Å²) < 4.78 is 40.1. The number of hydrogen-bond acceptors (Lipinski definition) is 4. The van der Waals surface area contributed by atoms with E-state index < -0.39 is 21.7 Å². The second-order valence-corrected chi connectivity index (χ2v) is 6.27. The van der Waals surface area contributed by atoms with Gasteiger partial charge in [-0.1, -0.05) is 12.1 Å². The Labute approximate surface area is 133 Å². The lowest BCUT2D eigenvalue weighted by Gasteiger charge is -2.09. The zero-order valence-corrected chi connectivity index (χ0v) is 12.8. The van der Waals surface area contributed by atoms with Crippen LogP contribution in [0.25, 0.3) is 0 Å². The van der Waals surface area contributed by atoms with Crippen molar-refractivity contribution in [3.63, 3.8) is 0 Å². The van der Waals surface area contributed by atoms with Gasteiger partial charge in [0.1, 0.15) is 5.82 Å². The molecule has 2 rings (SSSR count). The Morgan fingerprint density at radius 2 is 1.74 bits per heavy atom. The Kier molecular flexibility index (Phi) is 5.30. The van der Waals surface area contributed by atoms with Gasteiger partial charge in [0.2, 0.25) is 0 Å². The number of carbonyl (C=O) groups is 1. The number of benzene rings is 2. The molecule has 122 valence electrons. The topological polar surface area (TPSA) is 95.5 Å². The molecule has 23 heavy (non-hydrogen) atoms. The lowest BCUT2D eigenvalue weighted by Crippen LogP contribution is -2.26. The summed E-state index contributed by atoms with van der Waals surface area (Å²) >= 11 is 0. The molecular weight excluding hydrogens is 323 g/mol. The van der Waals surface area contributed by atoms with Gasteiger partial charge in [-0.15, -0.1) is 0 Å². The average Bonchev–Trinajstić information content (AvgIpc) is 2.55. The fraction of sp³-hybridized carbons (Fsp3) is 0.133. The van der Waals surface area contributed by atoms with Crippen molar-refractivity contribution in [2.75, 3.05) is 17.9 Å². The van der Waals surface area contributed by atoms with Gasteiger partial charge in [-0.25, -0.2) is 12.8 Å². The van der Waals surface area contributed by atoms with Crippen LogP contribution in [-0.2, 0) is 10.0 Å². The van der Waals surface area contributed by atoms with Crippen LogP contribution in [0.4, 0.5) is 10.1 Å². The maximum atomic E-state index is 13.5. The van der Waals surface area contributed by atoms with E-state index in [2.05, 4.69) is 10.0 Å². The van der Waals surface area contributed by atoms with Gasteiger partial charge in [-0.05, 0) is 36.4 Å². The van der Waals surface area contributed by atoms with Crippen molar-refractivity contribution in [2.24, 2.45) is 0 Å². The molecule has 3 N–H and O–H groups in total. The van der Waals surface area contributed by atoms with Crippen LogP contribution < -0.4 is 10.0 Å². The van der Waals surface area contributed by atoms with Crippen LogP contribution in [0.5, 0.6) is 0 Å². The molecule has 0 spiro atoms. The summed E-state index contributed by atoms with van der Waals surface area (Å²) in [4.78, 5) is 11.6. The third-order valence-electron chi connectivity index (χ3n) is 2.94. The van der Waals surface area contributed by atoms with Crippen LogP contribution in [0.15, 0.2) is 53.4 Å². The molecule has 0 aliphatic heterocycles. The number of rotatable bonds is 6. The van der Waals surface area contributed by atoms with E-state index in [1.54, 1.807) is 0 Å². The summed E-state index contributed by atoms with van der Waals surface area (Å²) in [7, 11) is -3.96. The second kappa shape index (κ2) is 7.21. The van der Waals surface area contributed by atoms with Crippen molar-refractivity contribution in [3.05, 3.63) is 59.9 Å². The number of aliphatic hydroxyl groups excluding tert-OH is 1. The number of aliphatic hydroxyl groups is 1. The molecule has 8 heteroatoms. The van der Waals surface area contributed by atoms with Crippen molar-refractivity contribution in [3.8, 4) is 0 Å². The maximum absolute atomic E-state index is 13.5. The van der Waals surface area contributed by atoms with E-state index in [9.17, 15) is 17.6 Å². The fourth-order valence-corrected chi connectivity index (χ4v) is 2.87. The maximum Gasteiger partial charge on any atom is 0.261 e. The second-order valence-electron chi connectivity index (χ2n) is 4.59. The number of halogens is 1. The molecule has 0 aliphatic carbocycles. The molecule has 2 aromatic rings. The van der Waals surface area contributed by atoms with Crippen LogP contribution in [0.3, 0.4) is 0 Å². The molecule has 0 aromatic heterocycles. The quantitative estimate of drug-likeness (QED) is 0.741. The molecule has 0 heterocycles. The van der Waals surface area contributed by atoms with E-state index in [-0.39, 0.29) is 29.3 Å². The summed E-state index contributed by atoms with van der Waals surface area (Å²) in [5.41, 5.74) is 0.0977. The van der Waals surface area contributed by atoms with Gasteiger partial charge in [0.25, 0.3) is 15.9 Å². The zero-order valence-electron chi connectivity index (χ0n) is 12.0. The van der Waals surface area contributed by atoms with Crippen LogP contribution in [0.2, 0.25) is 0 Å². The molecule has 1 amide bonds. The Morgan fingerprint density at radius 1 is 1.09 bits per heavy atom. The highest BCUT2D eigenvalue weighted by molar-refractivity contribution is 7.92. The molecule has 0 saturated carbocycles. The predicted molar refractivity (Wildman–Crippen MR) is 83.1 cm³/mol. The van der Waals surface area contributed by atoms with E-state index >= 15 is 0 Å². The van der Waals surface area contributed by atoms with Crippen LogP contribution in [0.1, 0.15) is 10.4 Å². The zero-order chi connectivity index (χ0) is 16.9. The molecule has 0 fully saturated rings. The Hall–Kier alpha value is -2.45. The molecule has 0 aliphatic rings. The number of carbonyl (C=O) groups excluding carboxylic acids is 1. The molecule has 2 aromatic carbocycles. The minimum atomic E-state index is -3.96. The summed E-state index contributed by atoms with van der Waals surface area (Å²) in [6, 6.07) is 10.6. The lowest BCUT2D eigenvalue weighted by molar-refractivity contribution is 0.0944. The number of nitrogens with one attached hydrogen (secondary N) is 2. The number of sulfonamides is 1. The highest BCUT2D eigenvalue weighted by Gasteiger charge is 2.16. The van der Waals surface area contributed by atoms with E-state index in [1.165, 1.54) is 42.5 Å². The first-order chi connectivity index (χ1) is 10.9. The van der Waals surface area contributed by atoms with Gasteiger partial charge in [0.05, 0.1) is 17.2 Å². The minimum absolute atomic E-state index is 0.0977. The number of anilines is 1. The van der Waals surface area contributed by atoms with Crippen molar-refractivity contribution in [1.29, 1.82) is 0 Å². The van der Waals surface area contributed by atoms with Gasteiger partial charge in [0.15, 0.2) is 0 Å². The van der Waals surface area contributed by atoms with E-state index in [1.807, 2.05) is 0 Å². The Balaban J connectivity index is 2.18. The summed E-state index contributed by atoms with van der Waals surface area (Å²) in [6.45, 7) is -0.0848. The lowest BCUT2D eigenvalue weighted by atomic mass is 10.2. The standard InChI is InChI=1S/C15H15FN2O4S/c16-13-3-1-2-4-14(13)18-23(21,22)12-7-5-11(6-8-12)15(20)17-9-10-19/h1-8,18-19H,9-10H2,(H,17,20). The van der Waals surface area contributed by atoms with E-state index in [0.29, 0.717) is 0 Å². The Bertz CT molecular complexity index is 791. The molecule has 0 unspecified atom stereocenters. The summed E-state index contributed by atoms with van der Waals surface area (Å²) in [5.74, 6) is -1.11. The summed E-state index contributed by atoms with van der Waals surface area (Å²) in [6.07, 6.45) is 0.